The van der Waals surface area contributed by atoms with E-state index in [1.807, 2.05) is 40.1 Å². The Labute approximate surface area is 143 Å². The molecule has 0 atom stereocenters. The fourth-order valence-electron chi connectivity index (χ4n) is 2.43. The summed E-state index contributed by atoms with van der Waals surface area (Å²) in [6.45, 7) is 5.80. The second-order valence-electron chi connectivity index (χ2n) is 6.20. The molecule has 0 aliphatic carbocycles. The molecule has 0 spiro atoms. The molecule has 1 heterocycles. The predicted molar refractivity (Wildman–Crippen MR) is 97.6 cm³/mol. The highest BCUT2D eigenvalue weighted by atomic mass is 16.1. The molecule has 2 aromatic rings. The maximum absolute atomic E-state index is 12.4. The van der Waals surface area contributed by atoms with Gasteiger partial charge in [0.05, 0.1) is 0 Å². The molecule has 24 heavy (non-hydrogen) atoms. The van der Waals surface area contributed by atoms with Crippen LogP contribution in [-0.4, -0.2) is 48.0 Å². The molecule has 1 aromatic carbocycles. The number of benzene rings is 1. The Morgan fingerprint density at radius 2 is 1.79 bits per heavy atom. The van der Waals surface area contributed by atoms with E-state index in [1.165, 1.54) is 6.33 Å². The minimum absolute atomic E-state index is 0.237. The Morgan fingerprint density at radius 3 is 2.46 bits per heavy atom. The first-order valence-electron chi connectivity index (χ1n) is 8.04. The lowest BCUT2D eigenvalue weighted by molar-refractivity contribution is 0.102. The van der Waals surface area contributed by atoms with Crippen LogP contribution in [-0.2, 0) is 0 Å². The molecule has 0 fully saturated rings. The molecule has 0 saturated heterocycles. The summed E-state index contributed by atoms with van der Waals surface area (Å²) < 4.78 is 0. The Morgan fingerprint density at radius 1 is 1.08 bits per heavy atom. The van der Waals surface area contributed by atoms with Gasteiger partial charge in [-0.15, -0.1) is 0 Å². The summed E-state index contributed by atoms with van der Waals surface area (Å²) in [5, 5.41) is 6.11. The first-order valence-corrected chi connectivity index (χ1v) is 8.04. The van der Waals surface area contributed by atoms with Gasteiger partial charge in [0.2, 0.25) is 0 Å². The Kier molecular flexibility index (Phi) is 6.26. The topological polar surface area (TPSA) is 70.2 Å². The minimum Gasteiger partial charge on any atom is -0.370 e. The fraction of sp³-hybridized carbons (Fsp3) is 0.389. The van der Waals surface area contributed by atoms with Crippen molar-refractivity contribution in [3.05, 3.63) is 47.4 Å². The lowest BCUT2D eigenvalue weighted by Crippen LogP contribution is -2.17. The van der Waals surface area contributed by atoms with E-state index in [2.05, 4.69) is 31.6 Å². The number of aryl methyl sites for hydroxylation is 2. The average Bonchev–Trinajstić information content (AvgIpc) is 2.50. The Bertz CT molecular complexity index is 679. The van der Waals surface area contributed by atoms with Crippen LogP contribution in [0.3, 0.4) is 0 Å². The molecule has 0 aliphatic rings. The summed E-state index contributed by atoms with van der Waals surface area (Å²) in [7, 11) is 4.08. The third-order valence-electron chi connectivity index (χ3n) is 3.47. The Hall–Kier alpha value is -2.47. The van der Waals surface area contributed by atoms with Crippen LogP contribution in [0, 0.1) is 13.8 Å². The van der Waals surface area contributed by atoms with Crippen molar-refractivity contribution in [2.24, 2.45) is 0 Å². The SMILES string of the molecule is Cc1cc(C)cc(NC(=O)c2cc(NCCCN(C)C)ncn2)c1. The van der Waals surface area contributed by atoms with E-state index in [4.69, 9.17) is 0 Å². The molecule has 2 N–H and O–H groups in total. The number of aromatic nitrogens is 2. The van der Waals surface area contributed by atoms with Crippen LogP contribution in [0.15, 0.2) is 30.6 Å². The zero-order chi connectivity index (χ0) is 17.5. The highest BCUT2D eigenvalue weighted by molar-refractivity contribution is 6.03. The van der Waals surface area contributed by atoms with Crippen LogP contribution in [0.2, 0.25) is 0 Å². The van der Waals surface area contributed by atoms with Crippen molar-refractivity contribution in [1.29, 1.82) is 0 Å². The monoisotopic (exact) mass is 327 g/mol. The number of carbonyl (C=O) groups excluding carboxylic acids is 1. The number of nitrogens with one attached hydrogen (secondary N) is 2. The quantitative estimate of drug-likeness (QED) is 0.765. The van der Waals surface area contributed by atoms with Gasteiger partial charge in [0.25, 0.3) is 5.91 Å². The first kappa shape index (κ1) is 17.9. The van der Waals surface area contributed by atoms with Crippen LogP contribution < -0.4 is 10.6 Å². The van der Waals surface area contributed by atoms with Crippen molar-refractivity contribution in [3.8, 4) is 0 Å². The number of nitrogens with zero attached hydrogens (tertiary/aromatic N) is 3. The number of rotatable bonds is 7. The third kappa shape index (κ3) is 5.62. The lowest BCUT2D eigenvalue weighted by atomic mass is 10.1. The Balaban J connectivity index is 1.98. The molecule has 2 rings (SSSR count). The van der Waals surface area contributed by atoms with Gasteiger partial charge in [-0.25, -0.2) is 9.97 Å². The van der Waals surface area contributed by atoms with Gasteiger partial charge in [-0.1, -0.05) is 6.07 Å². The highest BCUT2D eigenvalue weighted by Crippen LogP contribution is 2.15. The highest BCUT2D eigenvalue weighted by Gasteiger charge is 2.09. The molecule has 0 bridgehead atoms. The third-order valence-corrected chi connectivity index (χ3v) is 3.47. The van der Waals surface area contributed by atoms with Gasteiger partial charge < -0.3 is 15.5 Å². The van der Waals surface area contributed by atoms with E-state index in [0.29, 0.717) is 11.5 Å². The second kappa shape index (κ2) is 8.40. The van der Waals surface area contributed by atoms with Gasteiger partial charge in [0.1, 0.15) is 17.8 Å². The minimum atomic E-state index is -0.237. The number of hydrogen-bond donors (Lipinski definition) is 2. The van der Waals surface area contributed by atoms with Crippen molar-refractivity contribution in [1.82, 2.24) is 14.9 Å². The normalized spacial score (nSPS) is 10.7. The molecule has 0 aliphatic heterocycles. The summed E-state index contributed by atoms with van der Waals surface area (Å²) in [5.74, 6) is 0.424. The number of amides is 1. The summed E-state index contributed by atoms with van der Waals surface area (Å²) in [6, 6.07) is 7.61. The molecule has 0 saturated carbocycles. The zero-order valence-electron chi connectivity index (χ0n) is 14.8. The van der Waals surface area contributed by atoms with Gasteiger partial charge in [0.15, 0.2) is 0 Å². The molecule has 128 valence electrons. The van der Waals surface area contributed by atoms with Gasteiger partial charge in [-0.3, -0.25) is 4.79 Å². The largest absolute Gasteiger partial charge is 0.370 e. The van der Waals surface area contributed by atoms with Crippen molar-refractivity contribution in [2.75, 3.05) is 37.8 Å². The van der Waals surface area contributed by atoms with Crippen molar-refractivity contribution in [3.63, 3.8) is 0 Å². The van der Waals surface area contributed by atoms with Gasteiger partial charge in [-0.05, 0) is 64.2 Å². The molecule has 0 unspecified atom stereocenters. The summed E-state index contributed by atoms with van der Waals surface area (Å²) in [6.07, 6.45) is 2.41. The molecule has 0 radical (unpaired) electrons. The van der Waals surface area contributed by atoms with E-state index < -0.39 is 0 Å². The maximum atomic E-state index is 12.4. The van der Waals surface area contributed by atoms with Gasteiger partial charge in [-0.2, -0.15) is 0 Å². The molecule has 6 heteroatoms. The number of anilines is 2. The van der Waals surface area contributed by atoms with E-state index >= 15 is 0 Å². The lowest BCUT2D eigenvalue weighted by Gasteiger charge is -2.11. The van der Waals surface area contributed by atoms with E-state index in [-0.39, 0.29) is 5.91 Å². The smallest absolute Gasteiger partial charge is 0.274 e. The number of hydrogen-bond acceptors (Lipinski definition) is 5. The van der Waals surface area contributed by atoms with Crippen molar-refractivity contribution in [2.45, 2.75) is 20.3 Å². The van der Waals surface area contributed by atoms with Crippen LogP contribution in [0.5, 0.6) is 0 Å². The van der Waals surface area contributed by atoms with Gasteiger partial charge in [0, 0.05) is 18.3 Å². The maximum Gasteiger partial charge on any atom is 0.274 e. The molecular formula is C18H25N5O. The van der Waals surface area contributed by atoms with Crippen molar-refractivity contribution >= 4 is 17.4 Å². The van der Waals surface area contributed by atoms with Crippen LogP contribution >= 0.6 is 0 Å². The average molecular weight is 327 g/mol. The predicted octanol–water partition coefficient (Wildman–Crippen LogP) is 2.71. The summed E-state index contributed by atoms with van der Waals surface area (Å²) in [4.78, 5) is 22.7. The van der Waals surface area contributed by atoms with E-state index in [0.717, 1.165) is 36.3 Å². The summed E-state index contributed by atoms with van der Waals surface area (Å²) >= 11 is 0. The molecule has 1 amide bonds. The first-order chi connectivity index (χ1) is 11.4. The molecule has 6 nitrogen and oxygen atoms in total. The zero-order valence-corrected chi connectivity index (χ0v) is 14.8. The second-order valence-corrected chi connectivity index (χ2v) is 6.20. The van der Waals surface area contributed by atoms with E-state index in [1.54, 1.807) is 6.07 Å². The van der Waals surface area contributed by atoms with Crippen LogP contribution in [0.1, 0.15) is 28.0 Å². The van der Waals surface area contributed by atoms with Crippen LogP contribution in [0.4, 0.5) is 11.5 Å². The standard InChI is InChI=1S/C18H25N5O/c1-13-8-14(2)10-15(9-13)22-18(24)16-11-17(21-12-20-16)19-6-5-7-23(3)4/h8-12H,5-7H2,1-4H3,(H,22,24)(H,19,20,21). The van der Waals surface area contributed by atoms with Gasteiger partial charge >= 0.3 is 0 Å². The van der Waals surface area contributed by atoms with Crippen LogP contribution in [0.25, 0.3) is 0 Å². The molecule has 1 aromatic heterocycles. The van der Waals surface area contributed by atoms with E-state index in [9.17, 15) is 4.79 Å². The summed E-state index contributed by atoms with van der Waals surface area (Å²) in [5.41, 5.74) is 3.34. The molecular weight excluding hydrogens is 302 g/mol. The van der Waals surface area contributed by atoms with Crippen molar-refractivity contribution < 1.29 is 4.79 Å². The number of carbonyl (C=O) groups is 1. The fourth-order valence-corrected chi connectivity index (χ4v) is 2.43.